The molecule has 0 bridgehead atoms. The average Bonchev–Trinajstić information content (AvgIpc) is 3.12. The normalized spacial score (nSPS) is 12.1. The molecular weight excluding hydrogens is 353 g/mol. The van der Waals surface area contributed by atoms with E-state index in [9.17, 15) is 4.39 Å². The number of aromatic nitrogens is 5. The molecule has 1 aromatic carbocycles. The summed E-state index contributed by atoms with van der Waals surface area (Å²) in [6.45, 7) is 12.4. The number of hydrogen-bond acceptors (Lipinski definition) is 3. The van der Waals surface area contributed by atoms with Crippen LogP contribution in [0.3, 0.4) is 0 Å². The minimum atomic E-state index is -0.260. The van der Waals surface area contributed by atoms with Gasteiger partial charge in [-0.2, -0.15) is 14.7 Å². The summed E-state index contributed by atoms with van der Waals surface area (Å²) in [5.41, 5.74) is 6.17. The van der Waals surface area contributed by atoms with Crippen molar-refractivity contribution in [2.75, 3.05) is 0 Å². The molecular formula is C22H24FN5. The maximum atomic E-state index is 13.4. The predicted octanol–water partition coefficient (Wildman–Crippen LogP) is 4.94. The number of aryl methyl sites for hydroxylation is 3. The Labute approximate surface area is 163 Å². The molecule has 0 aliphatic heterocycles. The molecule has 0 radical (unpaired) electrons. The lowest BCUT2D eigenvalue weighted by Gasteiger charge is -2.20. The van der Waals surface area contributed by atoms with Gasteiger partial charge in [0.05, 0.1) is 17.1 Å². The van der Waals surface area contributed by atoms with Crippen LogP contribution in [-0.4, -0.2) is 24.4 Å². The SMILES string of the molecule is Cc1cc(C)n(-c2cc(C(C)(C)C)nc3c(-c4ccc(F)cc4)c(C)nn23)n1. The summed E-state index contributed by atoms with van der Waals surface area (Å²) in [4.78, 5) is 4.95. The monoisotopic (exact) mass is 377 g/mol. The van der Waals surface area contributed by atoms with Crippen LogP contribution in [0.5, 0.6) is 0 Å². The smallest absolute Gasteiger partial charge is 0.165 e. The fourth-order valence-electron chi connectivity index (χ4n) is 3.46. The molecule has 0 aliphatic rings. The molecule has 28 heavy (non-hydrogen) atoms. The van der Waals surface area contributed by atoms with E-state index in [1.807, 2.05) is 42.1 Å². The molecule has 3 heterocycles. The summed E-state index contributed by atoms with van der Waals surface area (Å²) in [5, 5.41) is 9.42. The molecule has 0 spiro atoms. The molecule has 0 saturated carbocycles. The molecule has 144 valence electrons. The maximum Gasteiger partial charge on any atom is 0.165 e. The van der Waals surface area contributed by atoms with Crippen LogP contribution in [0, 0.1) is 26.6 Å². The van der Waals surface area contributed by atoms with E-state index in [2.05, 4.69) is 25.9 Å². The molecule has 0 atom stereocenters. The molecule has 3 aromatic heterocycles. The third kappa shape index (κ3) is 2.99. The van der Waals surface area contributed by atoms with Gasteiger partial charge in [0, 0.05) is 22.7 Å². The zero-order valence-corrected chi connectivity index (χ0v) is 17.1. The van der Waals surface area contributed by atoms with Crippen molar-refractivity contribution < 1.29 is 4.39 Å². The molecule has 6 heteroatoms. The lowest BCUT2D eigenvalue weighted by molar-refractivity contribution is 0.565. The van der Waals surface area contributed by atoms with E-state index in [0.29, 0.717) is 0 Å². The van der Waals surface area contributed by atoms with Crippen molar-refractivity contribution in [2.45, 2.75) is 47.0 Å². The van der Waals surface area contributed by atoms with E-state index in [0.717, 1.165) is 45.4 Å². The average molecular weight is 377 g/mol. The first kappa shape index (κ1) is 18.3. The predicted molar refractivity (Wildman–Crippen MR) is 108 cm³/mol. The van der Waals surface area contributed by atoms with E-state index in [-0.39, 0.29) is 11.2 Å². The van der Waals surface area contributed by atoms with Gasteiger partial charge in [0.15, 0.2) is 11.5 Å². The Bertz CT molecular complexity index is 1180. The Morgan fingerprint density at radius 3 is 2.18 bits per heavy atom. The van der Waals surface area contributed by atoms with Crippen molar-refractivity contribution in [1.82, 2.24) is 24.4 Å². The number of benzene rings is 1. The maximum absolute atomic E-state index is 13.4. The zero-order chi connectivity index (χ0) is 20.2. The Morgan fingerprint density at radius 2 is 1.61 bits per heavy atom. The van der Waals surface area contributed by atoms with Gasteiger partial charge in [-0.3, -0.25) is 0 Å². The number of halogens is 1. The molecule has 4 aromatic rings. The number of rotatable bonds is 2. The first-order valence-electron chi connectivity index (χ1n) is 9.35. The Hall–Kier alpha value is -3.02. The van der Waals surface area contributed by atoms with Crippen molar-refractivity contribution in [3.8, 4) is 16.9 Å². The number of fused-ring (bicyclic) bond motifs is 1. The second-order valence-corrected chi connectivity index (χ2v) is 8.29. The summed E-state index contributed by atoms with van der Waals surface area (Å²) in [5.74, 6) is 0.585. The highest BCUT2D eigenvalue weighted by molar-refractivity contribution is 5.80. The topological polar surface area (TPSA) is 48.0 Å². The Balaban J connectivity index is 2.09. The lowest BCUT2D eigenvalue weighted by Crippen LogP contribution is -2.17. The van der Waals surface area contributed by atoms with E-state index in [1.165, 1.54) is 12.1 Å². The molecule has 0 saturated heterocycles. The van der Waals surface area contributed by atoms with Crippen molar-refractivity contribution in [2.24, 2.45) is 0 Å². The fourth-order valence-corrected chi connectivity index (χ4v) is 3.46. The van der Waals surface area contributed by atoms with Gasteiger partial charge in [0.1, 0.15) is 5.82 Å². The van der Waals surface area contributed by atoms with Crippen molar-refractivity contribution in [3.63, 3.8) is 0 Å². The van der Waals surface area contributed by atoms with Crippen LogP contribution in [-0.2, 0) is 5.41 Å². The third-order valence-corrected chi connectivity index (χ3v) is 4.87. The largest absolute Gasteiger partial charge is 0.232 e. The standard InChI is InChI=1S/C22H24FN5/c1-13-11-14(2)27(25-13)19-12-18(22(4,5)6)24-21-20(15(3)26-28(19)21)16-7-9-17(23)10-8-16/h7-12H,1-6H3. The van der Waals surface area contributed by atoms with E-state index in [4.69, 9.17) is 10.1 Å². The highest BCUT2D eigenvalue weighted by atomic mass is 19.1. The quantitative estimate of drug-likeness (QED) is 0.497. The van der Waals surface area contributed by atoms with Gasteiger partial charge in [-0.05, 0) is 44.5 Å². The van der Waals surface area contributed by atoms with Crippen LogP contribution < -0.4 is 0 Å². The Kier molecular flexibility index (Phi) is 4.10. The van der Waals surface area contributed by atoms with Crippen LogP contribution in [0.2, 0.25) is 0 Å². The van der Waals surface area contributed by atoms with Crippen LogP contribution in [0.25, 0.3) is 22.6 Å². The first-order valence-corrected chi connectivity index (χ1v) is 9.35. The minimum Gasteiger partial charge on any atom is -0.232 e. The molecule has 0 amide bonds. The fraction of sp³-hybridized carbons (Fsp3) is 0.318. The van der Waals surface area contributed by atoms with Crippen LogP contribution in [0.1, 0.15) is 43.5 Å². The van der Waals surface area contributed by atoms with Gasteiger partial charge in [-0.25, -0.2) is 14.1 Å². The summed E-state index contributed by atoms with van der Waals surface area (Å²) < 4.78 is 17.2. The van der Waals surface area contributed by atoms with E-state index >= 15 is 0 Å². The second kappa shape index (κ2) is 6.26. The van der Waals surface area contributed by atoms with Crippen LogP contribution in [0.15, 0.2) is 36.4 Å². The first-order chi connectivity index (χ1) is 13.1. The summed E-state index contributed by atoms with van der Waals surface area (Å²) in [7, 11) is 0. The van der Waals surface area contributed by atoms with Gasteiger partial charge >= 0.3 is 0 Å². The summed E-state index contributed by atoms with van der Waals surface area (Å²) >= 11 is 0. The van der Waals surface area contributed by atoms with Crippen molar-refractivity contribution in [1.29, 1.82) is 0 Å². The third-order valence-electron chi connectivity index (χ3n) is 4.87. The van der Waals surface area contributed by atoms with Crippen LogP contribution >= 0.6 is 0 Å². The van der Waals surface area contributed by atoms with Gasteiger partial charge in [-0.15, -0.1) is 0 Å². The van der Waals surface area contributed by atoms with E-state index < -0.39 is 0 Å². The highest BCUT2D eigenvalue weighted by Gasteiger charge is 2.23. The molecule has 0 unspecified atom stereocenters. The van der Waals surface area contributed by atoms with E-state index in [1.54, 1.807) is 12.1 Å². The Morgan fingerprint density at radius 1 is 0.929 bits per heavy atom. The molecule has 0 aliphatic carbocycles. The minimum absolute atomic E-state index is 0.148. The highest BCUT2D eigenvalue weighted by Crippen LogP contribution is 2.31. The van der Waals surface area contributed by atoms with Crippen LogP contribution in [0.4, 0.5) is 4.39 Å². The molecule has 4 rings (SSSR count). The molecule has 5 nitrogen and oxygen atoms in total. The number of nitrogens with zero attached hydrogens (tertiary/aromatic N) is 5. The van der Waals surface area contributed by atoms with Gasteiger partial charge < -0.3 is 0 Å². The molecule has 0 fully saturated rings. The van der Waals surface area contributed by atoms with Gasteiger partial charge in [0.25, 0.3) is 0 Å². The summed E-state index contributed by atoms with van der Waals surface area (Å²) in [6.07, 6.45) is 0. The van der Waals surface area contributed by atoms with Crippen molar-refractivity contribution >= 4 is 5.65 Å². The van der Waals surface area contributed by atoms with Crippen molar-refractivity contribution in [3.05, 3.63) is 65.0 Å². The second-order valence-electron chi connectivity index (χ2n) is 8.29. The lowest BCUT2D eigenvalue weighted by atomic mass is 9.92. The van der Waals surface area contributed by atoms with Gasteiger partial charge in [0.2, 0.25) is 0 Å². The summed E-state index contributed by atoms with van der Waals surface area (Å²) in [6, 6.07) is 10.6. The molecule has 0 N–H and O–H groups in total. The van der Waals surface area contributed by atoms with Gasteiger partial charge in [-0.1, -0.05) is 32.9 Å². The number of hydrogen-bond donors (Lipinski definition) is 0. The zero-order valence-electron chi connectivity index (χ0n) is 17.1.